The number of carbonyl (C=O) groups excluding carboxylic acids is 2. The second kappa shape index (κ2) is 6.36. The quantitative estimate of drug-likeness (QED) is 0.727. The first-order chi connectivity index (χ1) is 11.8. The Balaban J connectivity index is 1.73. The molecule has 1 fully saturated rings. The van der Waals surface area contributed by atoms with Crippen LogP contribution in [0, 0.1) is 18.3 Å². The Bertz CT molecular complexity index is 748. The standard InChI is InChI=1S/C18H22N4O3/c1-5-12-8-15(23)22(10-12)16-19-9-13-11-21(7-6-14(13)20-16)17(24)25-18(2,3)4/h1,9,12H,6-8,10-11H2,2-4H3. The molecule has 0 spiro atoms. The maximum atomic E-state index is 12.2. The van der Waals surface area contributed by atoms with Gasteiger partial charge in [0, 0.05) is 43.6 Å². The van der Waals surface area contributed by atoms with Gasteiger partial charge in [-0.1, -0.05) is 0 Å². The number of rotatable bonds is 1. The van der Waals surface area contributed by atoms with Crippen LogP contribution in [-0.4, -0.2) is 45.6 Å². The van der Waals surface area contributed by atoms with E-state index in [1.165, 1.54) is 0 Å². The van der Waals surface area contributed by atoms with E-state index in [2.05, 4.69) is 15.9 Å². The van der Waals surface area contributed by atoms with Gasteiger partial charge in [0.05, 0.1) is 12.2 Å². The van der Waals surface area contributed by atoms with Gasteiger partial charge in [0.2, 0.25) is 11.9 Å². The SMILES string of the molecule is C#CC1CC(=O)N(c2ncc3c(n2)CCN(C(=O)OC(C)(C)C)C3)C1. The monoisotopic (exact) mass is 342 g/mol. The molecule has 7 nitrogen and oxygen atoms in total. The van der Waals surface area contributed by atoms with E-state index in [9.17, 15) is 9.59 Å². The minimum absolute atomic E-state index is 0.0471. The largest absolute Gasteiger partial charge is 0.444 e. The number of fused-ring (bicyclic) bond motifs is 1. The molecule has 3 rings (SSSR count). The number of ether oxygens (including phenoxy) is 1. The molecule has 0 bridgehead atoms. The van der Waals surface area contributed by atoms with E-state index >= 15 is 0 Å². The summed E-state index contributed by atoms with van der Waals surface area (Å²) in [6, 6.07) is 0. The first-order valence-corrected chi connectivity index (χ1v) is 8.36. The Morgan fingerprint density at radius 3 is 2.84 bits per heavy atom. The maximum Gasteiger partial charge on any atom is 0.410 e. The van der Waals surface area contributed by atoms with Crippen LogP contribution in [-0.2, 0) is 22.5 Å². The highest BCUT2D eigenvalue weighted by molar-refractivity contribution is 5.94. The molecular formula is C18H22N4O3. The maximum absolute atomic E-state index is 12.2. The molecule has 2 aliphatic heterocycles. The van der Waals surface area contributed by atoms with Crippen LogP contribution in [0.5, 0.6) is 0 Å². The lowest BCUT2D eigenvalue weighted by atomic mass is 10.1. The van der Waals surface area contributed by atoms with Crippen molar-refractivity contribution >= 4 is 17.9 Å². The van der Waals surface area contributed by atoms with E-state index in [1.54, 1.807) is 16.0 Å². The van der Waals surface area contributed by atoms with Crippen molar-refractivity contribution in [2.24, 2.45) is 5.92 Å². The number of hydrogen-bond donors (Lipinski definition) is 0. The van der Waals surface area contributed by atoms with Crippen molar-refractivity contribution in [3.63, 3.8) is 0 Å². The number of amides is 2. The average molecular weight is 342 g/mol. The summed E-state index contributed by atoms with van der Waals surface area (Å²) < 4.78 is 5.41. The lowest BCUT2D eigenvalue weighted by Gasteiger charge is -2.31. The van der Waals surface area contributed by atoms with E-state index < -0.39 is 5.60 Å². The summed E-state index contributed by atoms with van der Waals surface area (Å²) in [5.74, 6) is 2.88. The second-order valence-electron chi connectivity index (χ2n) is 7.37. The molecule has 25 heavy (non-hydrogen) atoms. The lowest BCUT2D eigenvalue weighted by Crippen LogP contribution is -2.40. The molecule has 0 saturated carbocycles. The van der Waals surface area contributed by atoms with Crippen molar-refractivity contribution < 1.29 is 14.3 Å². The van der Waals surface area contributed by atoms with E-state index in [-0.39, 0.29) is 17.9 Å². The molecule has 2 amide bonds. The van der Waals surface area contributed by atoms with E-state index in [0.717, 1.165) is 11.3 Å². The van der Waals surface area contributed by atoms with Crippen LogP contribution >= 0.6 is 0 Å². The average Bonchev–Trinajstić information content (AvgIpc) is 2.93. The molecule has 3 heterocycles. The third kappa shape index (κ3) is 3.73. The first kappa shape index (κ1) is 17.2. The predicted molar refractivity (Wildman–Crippen MR) is 91.7 cm³/mol. The Hall–Kier alpha value is -2.62. The number of terminal acetylenes is 1. The molecule has 1 aromatic rings. The molecule has 7 heteroatoms. The Labute approximate surface area is 147 Å². The van der Waals surface area contributed by atoms with Crippen LogP contribution in [0.15, 0.2) is 6.20 Å². The van der Waals surface area contributed by atoms with Crippen LogP contribution in [0.3, 0.4) is 0 Å². The Morgan fingerprint density at radius 2 is 2.20 bits per heavy atom. The van der Waals surface area contributed by atoms with Crippen molar-refractivity contribution in [2.45, 2.75) is 45.8 Å². The predicted octanol–water partition coefficient (Wildman–Crippen LogP) is 1.76. The third-order valence-corrected chi connectivity index (χ3v) is 4.18. The van der Waals surface area contributed by atoms with Gasteiger partial charge in [0.15, 0.2) is 0 Å². The van der Waals surface area contributed by atoms with Gasteiger partial charge in [0.1, 0.15) is 5.60 Å². The highest BCUT2D eigenvalue weighted by Gasteiger charge is 2.32. The summed E-state index contributed by atoms with van der Waals surface area (Å²) in [5, 5.41) is 0. The van der Waals surface area contributed by atoms with Crippen molar-refractivity contribution in [1.82, 2.24) is 14.9 Å². The zero-order valence-corrected chi connectivity index (χ0v) is 14.8. The second-order valence-corrected chi connectivity index (χ2v) is 7.37. The van der Waals surface area contributed by atoms with Gasteiger partial charge in [-0.3, -0.25) is 9.69 Å². The molecular weight excluding hydrogens is 320 g/mol. The van der Waals surface area contributed by atoms with E-state index in [4.69, 9.17) is 11.2 Å². The smallest absolute Gasteiger partial charge is 0.410 e. The number of nitrogens with zero attached hydrogens (tertiary/aromatic N) is 4. The van der Waals surface area contributed by atoms with Crippen LogP contribution < -0.4 is 4.90 Å². The van der Waals surface area contributed by atoms with E-state index in [1.807, 2.05) is 20.8 Å². The number of anilines is 1. The molecule has 1 aromatic heterocycles. The fraction of sp³-hybridized carbons (Fsp3) is 0.556. The molecule has 0 aliphatic carbocycles. The summed E-state index contributed by atoms with van der Waals surface area (Å²) >= 11 is 0. The molecule has 132 valence electrons. The van der Waals surface area contributed by atoms with Gasteiger partial charge in [-0.25, -0.2) is 14.8 Å². The van der Waals surface area contributed by atoms with Crippen molar-refractivity contribution in [3.8, 4) is 12.3 Å². The summed E-state index contributed by atoms with van der Waals surface area (Å²) in [6.07, 6.45) is 7.70. The normalized spacial score (nSPS) is 20.2. The Morgan fingerprint density at radius 1 is 1.44 bits per heavy atom. The van der Waals surface area contributed by atoms with Gasteiger partial charge in [-0.05, 0) is 20.8 Å². The minimum Gasteiger partial charge on any atom is -0.444 e. The van der Waals surface area contributed by atoms with Gasteiger partial charge in [-0.2, -0.15) is 0 Å². The molecule has 0 N–H and O–H groups in total. The highest BCUT2D eigenvalue weighted by Crippen LogP contribution is 2.25. The molecule has 1 atom stereocenters. The summed E-state index contributed by atoms with van der Waals surface area (Å²) in [5.41, 5.74) is 1.21. The van der Waals surface area contributed by atoms with E-state index in [0.29, 0.717) is 38.4 Å². The first-order valence-electron chi connectivity index (χ1n) is 8.36. The van der Waals surface area contributed by atoms with Crippen LogP contribution in [0.2, 0.25) is 0 Å². The number of carbonyl (C=O) groups is 2. The fourth-order valence-corrected chi connectivity index (χ4v) is 2.93. The molecule has 0 radical (unpaired) electrons. The summed E-state index contributed by atoms with van der Waals surface area (Å²) in [6.45, 7) is 6.92. The van der Waals surface area contributed by atoms with Crippen LogP contribution in [0.25, 0.3) is 0 Å². The van der Waals surface area contributed by atoms with Crippen molar-refractivity contribution in [1.29, 1.82) is 0 Å². The van der Waals surface area contributed by atoms with Crippen LogP contribution in [0.1, 0.15) is 38.4 Å². The highest BCUT2D eigenvalue weighted by atomic mass is 16.6. The van der Waals surface area contributed by atoms with Crippen molar-refractivity contribution in [2.75, 3.05) is 18.0 Å². The topological polar surface area (TPSA) is 75.6 Å². The molecule has 1 saturated heterocycles. The van der Waals surface area contributed by atoms with Crippen molar-refractivity contribution in [3.05, 3.63) is 17.5 Å². The van der Waals surface area contributed by atoms with Crippen LogP contribution in [0.4, 0.5) is 10.7 Å². The van der Waals surface area contributed by atoms with Gasteiger partial charge in [0.25, 0.3) is 0 Å². The van der Waals surface area contributed by atoms with Gasteiger partial charge >= 0.3 is 6.09 Å². The third-order valence-electron chi connectivity index (χ3n) is 4.18. The molecule has 2 aliphatic rings. The summed E-state index contributed by atoms with van der Waals surface area (Å²) in [7, 11) is 0. The minimum atomic E-state index is -0.526. The Kier molecular flexibility index (Phi) is 4.38. The van der Waals surface area contributed by atoms with Gasteiger partial charge < -0.3 is 9.64 Å². The van der Waals surface area contributed by atoms with Gasteiger partial charge in [-0.15, -0.1) is 12.3 Å². The molecule has 0 aromatic carbocycles. The zero-order valence-electron chi connectivity index (χ0n) is 14.8. The number of hydrogen-bond acceptors (Lipinski definition) is 5. The molecule has 1 unspecified atom stereocenters. The zero-order chi connectivity index (χ0) is 18.2. The number of aromatic nitrogens is 2. The summed E-state index contributed by atoms with van der Waals surface area (Å²) in [4.78, 5) is 36.3. The fourth-order valence-electron chi connectivity index (χ4n) is 2.93. The lowest BCUT2D eigenvalue weighted by molar-refractivity contribution is -0.117.